The summed E-state index contributed by atoms with van der Waals surface area (Å²) in [5.74, 6) is 0.841. The molecular weight excluding hydrogens is 320 g/mol. The summed E-state index contributed by atoms with van der Waals surface area (Å²) < 4.78 is 8.67. The second kappa shape index (κ2) is 5.97. The standard InChI is InChI=1S/C15H17BrN2O2/c16-13-3-1-2-4-15(13)20-8-7-18-14-9-12(19)6-5-11(14)10-17-18/h1-4,10,12,19H,5-9H2. The number of ether oxygens (including phenoxy) is 1. The summed E-state index contributed by atoms with van der Waals surface area (Å²) in [4.78, 5) is 0. The normalized spacial score (nSPS) is 17.8. The molecule has 3 rings (SSSR count). The highest BCUT2D eigenvalue weighted by molar-refractivity contribution is 9.10. The largest absolute Gasteiger partial charge is 0.490 e. The minimum Gasteiger partial charge on any atom is -0.490 e. The van der Waals surface area contributed by atoms with Crippen molar-refractivity contribution in [3.05, 3.63) is 46.2 Å². The Bertz CT molecular complexity index is 597. The molecule has 0 radical (unpaired) electrons. The lowest BCUT2D eigenvalue weighted by atomic mass is 9.96. The Balaban J connectivity index is 1.62. The highest BCUT2D eigenvalue weighted by atomic mass is 79.9. The summed E-state index contributed by atoms with van der Waals surface area (Å²) in [6, 6.07) is 7.81. The molecule has 1 N–H and O–H groups in total. The number of hydrogen-bond acceptors (Lipinski definition) is 3. The molecule has 1 unspecified atom stereocenters. The van der Waals surface area contributed by atoms with Gasteiger partial charge < -0.3 is 9.84 Å². The van der Waals surface area contributed by atoms with E-state index in [1.165, 1.54) is 5.56 Å². The van der Waals surface area contributed by atoms with Crippen LogP contribution in [0.4, 0.5) is 0 Å². The van der Waals surface area contributed by atoms with E-state index in [2.05, 4.69) is 21.0 Å². The van der Waals surface area contributed by atoms with Gasteiger partial charge in [0.05, 0.1) is 23.3 Å². The highest BCUT2D eigenvalue weighted by Gasteiger charge is 2.20. The van der Waals surface area contributed by atoms with Crippen molar-refractivity contribution in [1.29, 1.82) is 0 Å². The molecule has 1 aromatic carbocycles. The van der Waals surface area contributed by atoms with E-state index in [1.54, 1.807) is 0 Å². The number of aromatic nitrogens is 2. The second-order valence-corrected chi connectivity index (χ2v) is 5.87. The summed E-state index contributed by atoms with van der Waals surface area (Å²) >= 11 is 3.46. The molecule has 1 atom stereocenters. The van der Waals surface area contributed by atoms with Crippen molar-refractivity contribution < 1.29 is 9.84 Å². The van der Waals surface area contributed by atoms with E-state index in [-0.39, 0.29) is 6.10 Å². The topological polar surface area (TPSA) is 47.3 Å². The molecule has 0 saturated carbocycles. The Kier molecular flexibility index (Phi) is 4.08. The first-order valence-electron chi connectivity index (χ1n) is 6.83. The molecule has 0 amide bonds. The maximum Gasteiger partial charge on any atom is 0.133 e. The van der Waals surface area contributed by atoms with Crippen molar-refractivity contribution in [2.45, 2.75) is 31.9 Å². The number of aryl methyl sites for hydroxylation is 1. The zero-order valence-corrected chi connectivity index (χ0v) is 12.7. The smallest absolute Gasteiger partial charge is 0.133 e. The van der Waals surface area contributed by atoms with Gasteiger partial charge in [-0.15, -0.1) is 0 Å². The van der Waals surface area contributed by atoms with Crippen LogP contribution in [0.2, 0.25) is 0 Å². The molecule has 0 spiro atoms. The molecule has 106 valence electrons. The Morgan fingerprint density at radius 2 is 2.25 bits per heavy atom. The van der Waals surface area contributed by atoms with Gasteiger partial charge in [-0.2, -0.15) is 5.10 Å². The number of rotatable bonds is 4. The third-order valence-electron chi connectivity index (χ3n) is 3.61. The van der Waals surface area contributed by atoms with Crippen LogP contribution in [-0.2, 0) is 19.4 Å². The Morgan fingerprint density at radius 3 is 3.10 bits per heavy atom. The van der Waals surface area contributed by atoms with Gasteiger partial charge >= 0.3 is 0 Å². The number of nitrogens with zero attached hydrogens (tertiary/aromatic N) is 2. The van der Waals surface area contributed by atoms with Gasteiger partial charge in [0.2, 0.25) is 0 Å². The predicted octanol–water partition coefficient (Wildman–Crippen LogP) is 2.57. The summed E-state index contributed by atoms with van der Waals surface area (Å²) in [6.07, 6.45) is 4.14. The predicted molar refractivity (Wildman–Crippen MR) is 79.9 cm³/mol. The summed E-state index contributed by atoms with van der Waals surface area (Å²) in [6.45, 7) is 1.26. The van der Waals surface area contributed by atoms with Gasteiger partial charge in [0, 0.05) is 12.1 Å². The number of hydrogen-bond donors (Lipinski definition) is 1. The first kappa shape index (κ1) is 13.6. The summed E-state index contributed by atoms with van der Waals surface area (Å²) in [5.41, 5.74) is 2.41. The van der Waals surface area contributed by atoms with Crippen LogP contribution in [0.5, 0.6) is 5.75 Å². The average Bonchev–Trinajstić information content (AvgIpc) is 2.83. The Morgan fingerprint density at radius 1 is 1.40 bits per heavy atom. The van der Waals surface area contributed by atoms with E-state index in [4.69, 9.17) is 4.74 Å². The van der Waals surface area contributed by atoms with Crippen molar-refractivity contribution >= 4 is 15.9 Å². The zero-order valence-electron chi connectivity index (χ0n) is 11.1. The lowest BCUT2D eigenvalue weighted by molar-refractivity contribution is 0.154. The molecule has 2 aromatic rings. The first-order chi connectivity index (χ1) is 9.74. The van der Waals surface area contributed by atoms with Crippen molar-refractivity contribution in [1.82, 2.24) is 9.78 Å². The van der Waals surface area contributed by atoms with Crippen LogP contribution in [0.15, 0.2) is 34.9 Å². The van der Waals surface area contributed by atoms with E-state index >= 15 is 0 Å². The molecule has 1 aromatic heterocycles. The molecule has 1 heterocycles. The van der Waals surface area contributed by atoms with Crippen LogP contribution in [0.1, 0.15) is 17.7 Å². The number of benzene rings is 1. The molecule has 0 aliphatic heterocycles. The maximum atomic E-state index is 9.76. The van der Waals surface area contributed by atoms with Crippen LogP contribution >= 0.6 is 15.9 Å². The van der Waals surface area contributed by atoms with Crippen LogP contribution in [0, 0.1) is 0 Å². The maximum absolute atomic E-state index is 9.76. The van der Waals surface area contributed by atoms with Gasteiger partial charge in [0.15, 0.2) is 0 Å². The third-order valence-corrected chi connectivity index (χ3v) is 4.26. The number of aliphatic hydroxyl groups is 1. The van der Waals surface area contributed by atoms with Crippen molar-refractivity contribution in [2.24, 2.45) is 0 Å². The third kappa shape index (κ3) is 2.88. The van der Waals surface area contributed by atoms with E-state index in [9.17, 15) is 5.11 Å². The van der Waals surface area contributed by atoms with Gasteiger partial charge in [0.1, 0.15) is 12.4 Å². The number of halogens is 1. The molecule has 0 saturated heterocycles. The van der Waals surface area contributed by atoms with Crippen LogP contribution in [0.25, 0.3) is 0 Å². The first-order valence-corrected chi connectivity index (χ1v) is 7.62. The van der Waals surface area contributed by atoms with E-state index < -0.39 is 0 Å². The minimum atomic E-state index is -0.234. The number of fused-ring (bicyclic) bond motifs is 1. The highest BCUT2D eigenvalue weighted by Crippen LogP contribution is 2.24. The molecule has 5 heteroatoms. The fourth-order valence-corrected chi connectivity index (χ4v) is 2.94. The summed E-state index contributed by atoms with van der Waals surface area (Å²) in [7, 11) is 0. The van der Waals surface area contributed by atoms with Gasteiger partial charge in [-0.25, -0.2) is 0 Å². The number of aliphatic hydroxyl groups excluding tert-OH is 1. The molecule has 1 aliphatic carbocycles. The zero-order chi connectivity index (χ0) is 13.9. The monoisotopic (exact) mass is 336 g/mol. The molecule has 1 aliphatic rings. The van der Waals surface area contributed by atoms with E-state index in [0.29, 0.717) is 19.6 Å². The SMILES string of the molecule is OC1CCc2cnn(CCOc3ccccc3Br)c2C1. The molecular formula is C15H17BrN2O2. The van der Waals surface area contributed by atoms with Crippen LogP contribution in [0.3, 0.4) is 0 Å². The molecule has 4 nitrogen and oxygen atoms in total. The molecule has 0 fully saturated rings. The van der Waals surface area contributed by atoms with Crippen LogP contribution in [-0.4, -0.2) is 27.6 Å². The van der Waals surface area contributed by atoms with Gasteiger partial charge in [-0.3, -0.25) is 4.68 Å². The van der Waals surface area contributed by atoms with E-state index in [0.717, 1.165) is 28.8 Å². The van der Waals surface area contributed by atoms with Gasteiger partial charge in [-0.05, 0) is 46.5 Å². The second-order valence-electron chi connectivity index (χ2n) is 5.02. The lowest BCUT2D eigenvalue weighted by Gasteiger charge is -2.19. The van der Waals surface area contributed by atoms with Gasteiger partial charge in [0.25, 0.3) is 0 Å². The Hall–Kier alpha value is -1.33. The fraction of sp³-hybridized carbons (Fsp3) is 0.400. The minimum absolute atomic E-state index is 0.234. The van der Waals surface area contributed by atoms with Crippen LogP contribution < -0.4 is 4.74 Å². The van der Waals surface area contributed by atoms with Gasteiger partial charge in [-0.1, -0.05) is 12.1 Å². The number of para-hydroxylation sites is 1. The molecule has 20 heavy (non-hydrogen) atoms. The van der Waals surface area contributed by atoms with Crippen molar-refractivity contribution in [3.8, 4) is 5.75 Å². The fourth-order valence-electron chi connectivity index (χ4n) is 2.54. The summed E-state index contributed by atoms with van der Waals surface area (Å²) in [5, 5.41) is 14.2. The lowest BCUT2D eigenvalue weighted by Crippen LogP contribution is -2.22. The quantitative estimate of drug-likeness (QED) is 0.933. The molecule has 0 bridgehead atoms. The average molecular weight is 337 g/mol. The van der Waals surface area contributed by atoms with E-state index in [1.807, 2.05) is 35.1 Å². The van der Waals surface area contributed by atoms with Crippen molar-refractivity contribution in [3.63, 3.8) is 0 Å². The van der Waals surface area contributed by atoms with Crippen molar-refractivity contribution in [2.75, 3.05) is 6.61 Å². The Labute approximate surface area is 126 Å².